The number of carbonyl (C=O) groups is 1. The Kier molecular flexibility index (Phi) is 157. The Labute approximate surface area is 87.4 Å². The van der Waals surface area contributed by atoms with Crippen LogP contribution in [0.25, 0.3) is 0 Å². The Morgan fingerprint density at radius 1 is 1.20 bits per heavy atom. The Hall–Kier alpha value is 0.530. The van der Waals surface area contributed by atoms with Gasteiger partial charge in [0, 0.05) is 0 Å². The van der Waals surface area contributed by atoms with E-state index in [1.807, 2.05) is 0 Å². The van der Waals surface area contributed by atoms with Crippen molar-refractivity contribution in [2.45, 2.75) is 0 Å². The third-order valence-electron chi connectivity index (χ3n) is 0.175. The van der Waals surface area contributed by atoms with Gasteiger partial charge in [-0.15, -0.1) is 0 Å². The summed E-state index contributed by atoms with van der Waals surface area (Å²) in [5.74, 6) is -0.968. The Morgan fingerprint density at radius 2 is 1.30 bits per heavy atom. The molecule has 0 aliphatic rings. The summed E-state index contributed by atoms with van der Waals surface area (Å²) in [5, 5.41) is 7.60. The van der Waals surface area contributed by atoms with Gasteiger partial charge in [-0.1, -0.05) is 0 Å². The van der Waals surface area contributed by atoms with Gasteiger partial charge in [0.2, 0.25) is 0 Å². The molecule has 0 saturated carbocycles. The normalized spacial score (nSPS) is 3.70. The standard InChI is InChI=1S/C2H5NO2.Ca.4H2O.2H/c3-1-2(4)5;;;;;;;/h1,3H2,(H,4,5);;4*1H2;;. The average molecular weight is 189 g/mol. The monoisotopic (exact) mass is 189 g/mol. The van der Waals surface area contributed by atoms with Gasteiger partial charge < -0.3 is 32.7 Å². The molecule has 0 spiro atoms. The first kappa shape index (κ1) is 46.6. The first-order chi connectivity index (χ1) is 2.27. The second-order valence-corrected chi connectivity index (χ2v) is 0.598. The van der Waals surface area contributed by atoms with Crippen molar-refractivity contribution in [3.63, 3.8) is 0 Å². The molecule has 0 unspecified atom stereocenters. The van der Waals surface area contributed by atoms with E-state index in [-0.39, 0.29) is 66.2 Å². The van der Waals surface area contributed by atoms with E-state index in [1.54, 1.807) is 0 Å². The molecule has 0 aliphatic heterocycles. The molecule has 66 valence electrons. The van der Waals surface area contributed by atoms with Crippen molar-refractivity contribution in [2.24, 2.45) is 5.73 Å². The van der Waals surface area contributed by atoms with E-state index in [0.29, 0.717) is 0 Å². The Bertz CT molecular complexity index is 51.0. The topological polar surface area (TPSA) is 189 Å². The van der Waals surface area contributed by atoms with Crippen LogP contribution in [0.15, 0.2) is 0 Å². The molecular formula is C2H15CaNO6. The van der Waals surface area contributed by atoms with Crippen molar-refractivity contribution < 1.29 is 31.8 Å². The second-order valence-electron chi connectivity index (χ2n) is 0.598. The van der Waals surface area contributed by atoms with E-state index >= 15 is 0 Å². The van der Waals surface area contributed by atoms with E-state index in [2.05, 4.69) is 5.73 Å². The molecule has 0 radical (unpaired) electrons. The van der Waals surface area contributed by atoms with Gasteiger partial charge >= 0.3 is 43.7 Å². The summed E-state index contributed by atoms with van der Waals surface area (Å²) < 4.78 is 0. The summed E-state index contributed by atoms with van der Waals surface area (Å²) in [7, 11) is 0. The minimum atomic E-state index is -0.968. The summed E-state index contributed by atoms with van der Waals surface area (Å²) in [6.45, 7) is -0.278. The molecular weight excluding hydrogens is 174 g/mol. The van der Waals surface area contributed by atoms with Crippen LogP contribution in [0.3, 0.4) is 0 Å². The zero-order valence-electron chi connectivity index (χ0n) is 4.64. The molecule has 0 atom stereocenters. The van der Waals surface area contributed by atoms with Crippen molar-refractivity contribution >= 4 is 43.7 Å². The summed E-state index contributed by atoms with van der Waals surface area (Å²) in [6.07, 6.45) is 0. The molecule has 0 aromatic carbocycles. The zero-order chi connectivity index (χ0) is 4.28. The van der Waals surface area contributed by atoms with Crippen LogP contribution < -0.4 is 5.73 Å². The number of rotatable bonds is 1. The first-order valence-corrected chi connectivity index (χ1v) is 1.19. The number of hydrogen-bond donors (Lipinski definition) is 2. The predicted octanol–water partition coefficient (Wildman–Crippen LogP) is -5.19. The van der Waals surface area contributed by atoms with Gasteiger partial charge in [-0.2, -0.15) is 0 Å². The van der Waals surface area contributed by atoms with E-state index in [1.165, 1.54) is 0 Å². The van der Waals surface area contributed by atoms with E-state index in [4.69, 9.17) is 5.11 Å². The van der Waals surface area contributed by atoms with Crippen LogP contribution in [-0.2, 0) is 4.79 Å². The van der Waals surface area contributed by atoms with E-state index in [9.17, 15) is 4.79 Å². The van der Waals surface area contributed by atoms with Gasteiger partial charge in [0.15, 0.2) is 0 Å². The summed E-state index contributed by atoms with van der Waals surface area (Å²) in [5.41, 5.74) is 4.57. The molecule has 11 N–H and O–H groups in total. The Balaban J connectivity index is -0.00000000800. The number of carboxylic acid groups (broad SMARTS) is 1. The fourth-order valence-corrected chi connectivity index (χ4v) is 0. The predicted molar refractivity (Wildman–Crippen MR) is 39.7 cm³/mol. The molecule has 10 heavy (non-hydrogen) atoms. The number of carboxylic acids is 1. The van der Waals surface area contributed by atoms with Gasteiger partial charge in [-0.25, -0.2) is 0 Å². The quantitative estimate of drug-likeness (QED) is 0.390. The molecule has 8 heteroatoms. The van der Waals surface area contributed by atoms with Crippen LogP contribution in [0.1, 0.15) is 0 Å². The van der Waals surface area contributed by atoms with Gasteiger partial charge in [0.25, 0.3) is 0 Å². The van der Waals surface area contributed by atoms with Crippen LogP contribution >= 0.6 is 0 Å². The van der Waals surface area contributed by atoms with Gasteiger partial charge in [-0.3, -0.25) is 4.79 Å². The van der Waals surface area contributed by atoms with Crippen molar-refractivity contribution in [3.05, 3.63) is 0 Å². The molecule has 7 nitrogen and oxygen atoms in total. The van der Waals surface area contributed by atoms with Crippen LogP contribution in [0.2, 0.25) is 0 Å². The fourth-order valence-electron chi connectivity index (χ4n) is 0. The number of nitrogens with two attached hydrogens (primary N) is 1. The van der Waals surface area contributed by atoms with E-state index < -0.39 is 5.97 Å². The zero-order valence-corrected chi connectivity index (χ0v) is 4.64. The van der Waals surface area contributed by atoms with E-state index in [0.717, 1.165) is 0 Å². The van der Waals surface area contributed by atoms with Crippen LogP contribution in [0, 0.1) is 0 Å². The molecule has 0 heterocycles. The molecule has 0 rings (SSSR count). The van der Waals surface area contributed by atoms with Crippen molar-refractivity contribution in [1.82, 2.24) is 0 Å². The number of hydrogen-bond acceptors (Lipinski definition) is 2. The minimum absolute atomic E-state index is 0. The maximum absolute atomic E-state index is 9.24. The average Bonchev–Trinajstić information content (AvgIpc) is 1.38. The van der Waals surface area contributed by atoms with Crippen LogP contribution in [-0.4, -0.2) is 77.3 Å². The molecule has 0 aromatic heterocycles. The maximum atomic E-state index is 9.24. The molecule has 0 fully saturated rings. The second kappa shape index (κ2) is 33.8. The van der Waals surface area contributed by atoms with Crippen LogP contribution in [0.5, 0.6) is 0 Å². The first-order valence-electron chi connectivity index (χ1n) is 1.19. The molecule has 0 aliphatic carbocycles. The summed E-state index contributed by atoms with van der Waals surface area (Å²) in [4.78, 5) is 9.24. The molecule has 0 bridgehead atoms. The molecule has 0 aromatic rings. The van der Waals surface area contributed by atoms with Crippen molar-refractivity contribution in [1.29, 1.82) is 0 Å². The molecule has 0 saturated heterocycles. The molecule has 0 amide bonds. The van der Waals surface area contributed by atoms with Crippen molar-refractivity contribution in [2.75, 3.05) is 6.54 Å². The summed E-state index contributed by atoms with van der Waals surface area (Å²) >= 11 is 0. The summed E-state index contributed by atoms with van der Waals surface area (Å²) in [6, 6.07) is 0. The van der Waals surface area contributed by atoms with Crippen molar-refractivity contribution in [3.8, 4) is 0 Å². The fraction of sp³-hybridized carbons (Fsp3) is 0.500. The third-order valence-corrected chi connectivity index (χ3v) is 0.175. The van der Waals surface area contributed by atoms with Gasteiger partial charge in [-0.05, 0) is 0 Å². The van der Waals surface area contributed by atoms with Crippen LogP contribution in [0.4, 0.5) is 0 Å². The third kappa shape index (κ3) is 75.6. The number of aliphatic carboxylic acids is 1. The van der Waals surface area contributed by atoms with Gasteiger partial charge in [0.1, 0.15) is 0 Å². The SMILES string of the molecule is NCC(=O)O.O.O.O.O.[CaH2]. The van der Waals surface area contributed by atoms with Gasteiger partial charge in [0.05, 0.1) is 6.54 Å². The Morgan fingerprint density at radius 3 is 1.30 bits per heavy atom.